The Balaban J connectivity index is 2.36. The van der Waals surface area contributed by atoms with Crippen molar-refractivity contribution in [2.24, 2.45) is 17.0 Å². The molecule has 0 unspecified atom stereocenters. The molecule has 0 spiro atoms. The zero-order chi connectivity index (χ0) is 21.9. The van der Waals surface area contributed by atoms with Gasteiger partial charge in [0.1, 0.15) is 5.69 Å². The topological polar surface area (TPSA) is 29.4 Å². The van der Waals surface area contributed by atoms with E-state index in [0.717, 1.165) is 10.6 Å². The lowest BCUT2D eigenvalue weighted by Gasteiger charge is -2.31. The van der Waals surface area contributed by atoms with Gasteiger partial charge in [0.2, 0.25) is 0 Å². The lowest BCUT2D eigenvalue weighted by Crippen LogP contribution is -2.16. The van der Waals surface area contributed by atoms with Gasteiger partial charge in [-0.05, 0) is 81.1 Å². The molecule has 2 heteroatoms. The van der Waals surface area contributed by atoms with Crippen LogP contribution in [0.2, 0.25) is 0 Å². The molecular weight excluding hydrogens is 366 g/mol. The summed E-state index contributed by atoms with van der Waals surface area (Å²) in [7, 11) is 0. The Morgan fingerprint density at radius 2 is 1.50 bits per heavy atom. The van der Waals surface area contributed by atoms with Crippen LogP contribution in [0.25, 0.3) is 32.7 Å². The van der Waals surface area contributed by atoms with Crippen LogP contribution in [0.5, 0.6) is 0 Å². The van der Waals surface area contributed by atoms with Crippen molar-refractivity contribution < 1.29 is 0 Å². The van der Waals surface area contributed by atoms with Gasteiger partial charge in [0.05, 0.1) is 0 Å². The van der Waals surface area contributed by atoms with E-state index < -0.39 is 0 Å². The van der Waals surface area contributed by atoms with Crippen LogP contribution in [0.1, 0.15) is 78.0 Å². The summed E-state index contributed by atoms with van der Waals surface area (Å²) in [6, 6.07) is 8.89. The van der Waals surface area contributed by atoms with E-state index >= 15 is 0 Å². The molecule has 1 aliphatic carbocycles. The maximum absolute atomic E-state index is 12.1. The van der Waals surface area contributed by atoms with Crippen LogP contribution >= 0.6 is 0 Å². The quantitative estimate of drug-likeness (QED) is 0.409. The van der Waals surface area contributed by atoms with Crippen molar-refractivity contribution in [1.82, 2.24) is 0 Å². The second kappa shape index (κ2) is 7.34. The summed E-state index contributed by atoms with van der Waals surface area (Å²) < 4.78 is 0. The van der Waals surface area contributed by atoms with Crippen LogP contribution in [0.3, 0.4) is 0 Å². The van der Waals surface area contributed by atoms with E-state index in [1.807, 2.05) is 6.07 Å². The van der Waals surface area contributed by atoms with Gasteiger partial charge in [-0.25, -0.2) is 0 Å². The number of hydrogen-bond acceptors (Lipinski definition) is 2. The summed E-state index contributed by atoms with van der Waals surface area (Å²) in [6.07, 6.45) is 2.35. The van der Waals surface area contributed by atoms with Crippen molar-refractivity contribution in [3.63, 3.8) is 0 Å². The summed E-state index contributed by atoms with van der Waals surface area (Å²) in [5.74, 6) is 2.50. The zero-order valence-electron chi connectivity index (χ0n) is 19.5. The first-order chi connectivity index (χ1) is 14.2. The maximum Gasteiger partial charge on any atom is 0.116 e. The smallest absolute Gasteiger partial charge is 0.116 e. The first-order valence-corrected chi connectivity index (χ1v) is 11.1. The van der Waals surface area contributed by atoms with E-state index in [0.29, 0.717) is 23.4 Å². The highest BCUT2D eigenvalue weighted by Crippen LogP contribution is 2.48. The Kier molecular flexibility index (Phi) is 5.08. The van der Waals surface area contributed by atoms with Gasteiger partial charge >= 0.3 is 0 Å². The zero-order valence-corrected chi connectivity index (χ0v) is 19.5. The Labute approximate surface area is 180 Å². The van der Waals surface area contributed by atoms with Crippen LogP contribution in [-0.2, 0) is 0 Å². The standard InChI is InChI=1S/C28H32NO/c1-14(2)20-11-22(16(5)6)24-13-25(29-30)27-23(17(7)8)12-21(15(3)4)19-10-9-18(20)26(24)28(19)27/h9-16H,1-8H3. The minimum Gasteiger partial charge on any atom is -0.145 e. The van der Waals surface area contributed by atoms with Crippen LogP contribution in [0.4, 0.5) is 5.69 Å². The van der Waals surface area contributed by atoms with E-state index in [9.17, 15) is 4.91 Å². The average Bonchev–Trinajstić information content (AvgIpc) is 2.69. The third-order valence-corrected chi connectivity index (χ3v) is 6.58. The largest absolute Gasteiger partial charge is 0.145 e. The summed E-state index contributed by atoms with van der Waals surface area (Å²) in [5.41, 5.74) is 6.98. The fourth-order valence-corrected chi connectivity index (χ4v) is 5.06. The lowest BCUT2D eigenvalue weighted by atomic mass is 9.73. The molecule has 0 heterocycles. The molecule has 0 aliphatic heterocycles. The van der Waals surface area contributed by atoms with Crippen LogP contribution < -0.4 is 5.22 Å². The molecule has 155 valence electrons. The molecular formula is C28H32NO. The minimum atomic E-state index is 0.370. The van der Waals surface area contributed by atoms with Gasteiger partial charge in [-0.15, -0.1) is 4.91 Å². The van der Waals surface area contributed by atoms with Gasteiger partial charge in [0, 0.05) is 16.7 Å². The number of nitrogens with zero attached hydrogens (tertiary/aromatic N) is 1. The Morgan fingerprint density at radius 1 is 0.800 bits per heavy atom. The number of hydrogen-bond donors (Lipinski definition) is 0. The molecule has 0 saturated carbocycles. The summed E-state index contributed by atoms with van der Waals surface area (Å²) >= 11 is 0. The molecule has 1 aliphatic rings. The second-order valence-corrected chi connectivity index (χ2v) is 9.85. The highest BCUT2D eigenvalue weighted by Gasteiger charge is 2.29. The SMILES string of the molecule is CC(C)=c1cc(C(C)C)c2ccc3c4c(cc(N=O)c1c24)[C](C(C)C)C=C3C(C)C. The van der Waals surface area contributed by atoms with E-state index in [1.165, 1.54) is 49.9 Å². The number of rotatable bonds is 4. The highest BCUT2D eigenvalue weighted by molar-refractivity contribution is 6.21. The molecule has 3 aromatic carbocycles. The average molecular weight is 399 g/mol. The van der Waals surface area contributed by atoms with E-state index in [4.69, 9.17) is 0 Å². The molecule has 0 aromatic heterocycles. The first kappa shape index (κ1) is 20.8. The van der Waals surface area contributed by atoms with E-state index in [2.05, 4.69) is 84.8 Å². The Bertz CT molecular complexity index is 1250. The Hall–Kier alpha value is -2.48. The third-order valence-electron chi connectivity index (χ3n) is 6.58. The Morgan fingerprint density at radius 3 is 2.03 bits per heavy atom. The van der Waals surface area contributed by atoms with Crippen molar-refractivity contribution in [2.45, 2.75) is 61.3 Å². The summed E-state index contributed by atoms with van der Waals surface area (Å²) in [6.45, 7) is 17.8. The van der Waals surface area contributed by atoms with Crippen molar-refractivity contribution in [2.75, 3.05) is 0 Å². The number of allylic oxidation sites excluding steroid dienone is 2. The van der Waals surface area contributed by atoms with Crippen molar-refractivity contribution in [3.8, 4) is 0 Å². The molecule has 3 aromatic rings. The molecule has 0 fully saturated rings. The monoisotopic (exact) mass is 398 g/mol. The van der Waals surface area contributed by atoms with Crippen LogP contribution in [0.15, 0.2) is 35.5 Å². The number of nitroso groups, excluding NO2 is 1. The van der Waals surface area contributed by atoms with Gasteiger partial charge < -0.3 is 0 Å². The van der Waals surface area contributed by atoms with Crippen molar-refractivity contribution in [3.05, 3.63) is 63.1 Å². The van der Waals surface area contributed by atoms with Gasteiger partial charge in [0.25, 0.3) is 0 Å². The summed E-state index contributed by atoms with van der Waals surface area (Å²) in [4.78, 5) is 12.1. The van der Waals surface area contributed by atoms with Gasteiger partial charge in [0.15, 0.2) is 0 Å². The first-order valence-electron chi connectivity index (χ1n) is 11.1. The fraction of sp³-hybridized carbons (Fsp3) is 0.393. The molecule has 2 nitrogen and oxygen atoms in total. The maximum atomic E-state index is 12.1. The molecule has 0 saturated heterocycles. The molecule has 0 amide bonds. The van der Waals surface area contributed by atoms with Gasteiger partial charge in [-0.3, -0.25) is 0 Å². The minimum absolute atomic E-state index is 0.370. The second-order valence-electron chi connectivity index (χ2n) is 9.85. The van der Waals surface area contributed by atoms with Gasteiger partial charge in [-0.1, -0.05) is 71.4 Å². The van der Waals surface area contributed by atoms with E-state index in [-0.39, 0.29) is 0 Å². The molecule has 0 atom stereocenters. The highest BCUT2D eigenvalue weighted by atomic mass is 16.3. The molecule has 30 heavy (non-hydrogen) atoms. The molecule has 4 rings (SSSR count). The number of benzene rings is 3. The summed E-state index contributed by atoms with van der Waals surface area (Å²) in [5, 5.41) is 9.46. The fourth-order valence-electron chi connectivity index (χ4n) is 5.06. The lowest BCUT2D eigenvalue weighted by molar-refractivity contribution is 0.717. The van der Waals surface area contributed by atoms with Crippen molar-refractivity contribution >= 4 is 38.4 Å². The molecule has 1 radical (unpaired) electrons. The van der Waals surface area contributed by atoms with E-state index in [1.54, 1.807) is 0 Å². The van der Waals surface area contributed by atoms with Gasteiger partial charge in [-0.2, -0.15) is 0 Å². The predicted molar refractivity (Wildman–Crippen MR) is 131 cm³/mol. The van der Waals surface area contributed by atoms with Crippen LogP contribution in [0, 0.1) is 22.7 Å². The predicted octanol–water partition coefficient (Wildman–Crippen LogP) is 8.06. The molecule has 0 N–H and O–H groups in total. The third kappa shape index (κ3) is 2.92. The normalized spacial score (nSPS) is 14.4. The molecule has 0 bridgehead atoms. The van der Waals surface area contributed by atoms with Crippen LogP contribution in [-0.4, -0.2) is 0 Å². The van der Waals surface area contributed by atoms with Crippen molar-refractivity contribution in [1.29, 1.82) is 0 Å².